The number of hydrogen-bond donors (Lipinski definition) is 1. The Morgan fingerprint density at radius 1 is 0.889 bits per heavy atom. The number of aromatic hydroxyl groups is 1. The maximum absolute atomic E-state index is 10.1. The average molecular weight is 655 g/mol. The topological polar surface area (TPSA) is 73.1 Å². The summed E-state index contributed by atoms with van der Waals surface area (Å²) in [7, 11) is 0. The van der Waals surface area contributed by atoms with Crippen LogP contribution in [-0.2, 0) is 26.5 Å². The smallest absolute Gasteiger partial charge is 0.217 e. The van der Waals surface area contributed by atoms with Crippen molar-refractivity contribution < 1.29 is 30.9 Å². The fourth-order valence-corrected chi connectivity index (χ4v) is 4.34. The first kappa shape index (κ1) is 24.0. The minimum absolute atomic E-state index is 0. The van der Waals surface area contributed by atoms with Gasteiger partial charge < -0.3 is 14.4 Å². The summed E-state index contributed by atoms with van der Waals surface area (Å²) >= 11 is 0. The molecule has 1 N–H and O–H groups in total. The molecule has 4 heterocycles. The Balaban J connectivity index is 0.00000267. The number of nitrogens with zero attached hydrogens (tertiary/aromatic N) is 4. The molecule has 0 aliphatic heterocycles. The molecule has 0 aliphatic rings. The molecule has 0 radical (unpaired) electrons. The third-order valence-electron chi connectivity index (χ3n) is 6.15. The van der Waals surface area contributed by atoms with E-state index in [2.05, 4.69) is 65.6 Å². The molecule has 0 spiro atoms. The van der Waals surface area contributed by atoms with E-state index in [9.17, 15) is 5.11 Å². The number of fused-ring (bicyclic) bond motifs is 4. The number of aromatic nitrogens is 4. The minimum Gasteiger partial charge on any atom is -0.506 e. The van der Waals surface area contributed by atoms with E-state index in [4.69, 9.17) is 9.72 Å². The second-order valence-electron chi connectivity index (χ2n) is 9.54. The molecule has 6 aromatic rings. The SMILES string of the molecule is CC(C)(C)c1ccnc(-n2c3[c-]c(Oc4ccc5nccc(O)c5n4)ccc3c3ccccc32)c1.[Pt]. The largest absolute Gasteiger partial charge is 0.506 e. The van der Waals surface area contributed by atoms with E-state index in [1.807, 2.05) is 30.5 Å². The maximum atomic E-state index is 10.1. The number of hydrogen-bond acceptors (Lipinski definition) is 5. The summed E-state index contributed by atoms with van der Waals surface area (Å²) in [6.07, 6.45) is 3.40. The van der Waals surface area contributed by atoms with E-state index < -0.39 is 0 Å². The van der Waals surface area contributed by atoms with Crippen molar-refractivity contribution in [1.82, 2.24) is 19.5 Å². The van der Waals surface area contributed by atoms with Crippen molar-refractivity contribution in [3.63, 3.8) is 0 Å². The molecule has 36 heavy (non-hydrogen) atoms. The first-order valence-corrected chi connectivity index (χ1v) is 11.4. The molecule has 2 aromatic carbocycles. The first-order valence-electron chi connectivity index (χ1n) is 11.4. The van der Waals surface area contributed by atoms with Gasteiger partial charge in [0, 0.05) is 56.9 Å². The molecular weight excluding hydrogens is 631 g/mol. The zero-order chi connectivity index (χ0) is 24.2. The predicted octanol–water partition coefficient (Wildman–Crippen LogP) is 6.71. The summed E-state index contributed by atoms with van der Waals surface area (Å²) in [6, 6.07) is 24.8. The van der Waals surface area contributed by atoms with E-state index in [1.165, 1.54) is 11.6 Å². The molecule has 0 atom stereocenters. The Bertz CT molecular complexity index is 1740. The van der Waals surface area contributed by atoms with Gasteiger partial charge in [-0.05, 0) is 40.6 Å². The van der Waals surface area contributed by atoms with Gasteiger partial charge in [-0.2, -0.15) is 6.07 Å². The molecule has 0 saturated heterocycles. The van der Waals surface area contributed by atoms with Crippen LogP contribution in [0.4, 0.5) is 0 Å². The maximum Gasteiger partial charge on any atom is 0.217 e. The molecule has 0 bridgehead atoms. The second-order valence-corrected chi connectivity index (χ2v) is 9.54. The van der Waals surface area contributed by atoms with E-state index in [-0.39, 0.29) is 32.2 Å². The number of benzene rings is 2. The average Bonchev–Trinajstić information content (AvgIpc) is 3.18. The van der Waals surface area contributed by atoms with Crippen molar-refractivity contribution in [2.45, 2.75) is 26.2 Å². The van der Waals surface area contributed by atoms with Crippen molar-refractivity contribution >= 4 is 32.8 Å². The van der Waals surface area contributed by atoms with Crippen molar-refractivity contribution in [2.24, 2.45) is 0 Å². The standard InChI is InChI=1S/C29H23N4O2.Pt/c1-29(2,3)18-12-14-31-26(16-18)33-23-7-5-4-6-20(23)21-9-8-19(17-24(21)33)35-27-11-10-22-28(32-27)25(34)13-15-30-22;/h4-16H,1-3H3,(H,30,34);/q-1;. The Hall–Kier alpha value is -3.76. The molecule has 0 saturated carbocycles. The van der Waals surface area contributed by atoms with Gasteiger partial charge >= 0.3 is 0 Å². The van der Waals surface area contributed by atoms with Crippen LogP contribution in [0.3, 0.4) is 0 Å². The van der Waals surface area contributed by atoms with E-state index in [1.54, 1.807) is 18.3 Å². The predicted molar refractivity (Wildman–Crippen MR) is 137 cm³/mol. The second kappa shape index (κ2) is 9.03. The van der Waals surface area contributed by atoms with Gasteiger partial charge in [-0.15, -0.1) is 17.5 Å². The van der Waals surface area contributed by atoms with Crippen LogP contribution in [0.2, 0.25) is 0 Å². The Morgan fingerprint density at radius 2 is 1.69 bits per heavy atom. The van der Waals surface area contributed by atoms with Gasteiger partial charge in [-0.1, -0.05) is 44.5 Å². The van der Waals surface area contributed by atoms with Crippen LogP contribution in [0.1, 0.15) is 26.3 Å². The van der Waals surface area contributed by atoms with E-state index >= 15 is 0 Å². The number of rotatable bonds is 3. The van der Waals surface area contributed by atoms with Crippen LogP contribution in [0.25, 0.3) is 38.7 Å². The van der Waals surface area contributed by atoms with Gasteiger partial charge in [0.2, 0.25) is 5.88 Å². The summed E-state index contributed by atoms with van der Waals surface area (Å²) in [5.41, 5.74) is 4.11. The summed E-state index contributed by atoms with van der Waals surface area (Å²) in [5.74, 6) is 1.76. The van der Waals surface area contributed by atoms with Crippen molar-refractivity contribution in [1.29, 1.82) is 0 Å². The molecule has 0 aliphatic carbocycles. The van der Waals surface area contributed by atoms with Crippen LogP contribution < -0.4 is 4.74 Å². The van der Waals surface area contributed by atoms with Crippen molar-refractivity contribution in [3.05, 3.63) is 90.8 Å². The van der Waals surface area contributed by atoms with Crippen LogP contribution >= 0.6 is 0 Å². The summed E-state index contributed by atoms with van der Waals surface area (Å²) in [5, 5.41) is 12.3. The monoisotopic (exact) mass is 654 g/mol. The molecular formula is C29H23N4O2Pt-. The first-order chi connectivity index (χ1) is 16.9. The summed E-state index contributed by atoms with van der Waals surface area (Å²) in [4.78, 5) is 13.4. The fourth-order valence-electron chi connectivity index (χ4n) is 4.34. The van der Waals surface area contributed by atoms with Crippen LogP contribution in [0.5, 0.6) is 17.4 Å². The Kier molecular flexibility index (Phi) is 6.01. The van der Waals surface area contributed by atoms with Crippen LogP contribution in [0, 0.1) is 6.07 Å². The van der Waals surface area contributed by atoms with Gasteiger partial charge in [-0.25, -0.2) is 9.97 Å². The van der Waals surface area contributed by atoms with Crippen LogP contribution in [0.15, 0.2) is 79.1 Å². The zero-order valence-electron chi connectivity index (χ0n) is 20.0. The Labute approximate surface area is 222 Å². The molecule has 0 unspecified atom stereocenters. The molecule has 182 valence electrons. The van der Waals surface area contributed by atoms with E-state index in [0.717, 1.165) is 27.6 Å². The fraction of sp³-hybridized carbons (Fsp3) is 0.138. The number of para-hydroxylation sites is 1. The molecule has 6 nitrogen and oxygen atoms in total. The third kappa shape index (κ3) is 4.12. The quantitative estimate of drug-likeness (QED) is 0.215. The molecule has 6 rings (SSSR count). The number of ether oxygens (including phenoxy) is 1. The van der Waals surface area contributed by atoms with Crippen LogP contribution in [-0.4, -0.2) is 24.6 Å². The van der Waals surface area contributed by atoms with Gasteiger partial charge in [0.05, 0.1) is 5.52 Å². The van der Waals surface area contributed by atoms with Crippen molar-refractivity contribution in [2.75, 3.05) is 0 Å². The summed E-state index contributed by atoms with van der Waals surface area (Å²) < 4.78 is 8.20. The Morgan fingerprint density at radius 3 is 2.53 bits per heavy atom. The molecule has 7 heteroatoms. The van der Waals surface area contributed by atoms with Gasteiger partial charge in [0.25, 0.3) is 0 Å². The molecule has 0 amide bonds. The summed E-state index contributed by atoms with van der Waals surface area (Å²) in [6.45, 7) is 6.58. The molecule has 0 fully saturated rings. The zero-order valence-corrected chi connectivity index (χ0v) is 22.2. The normalized spacial score (nSPS) is 11.6. The molecule has 4 aromatic heterocycles. The van der Waals surface area contributed by atoms with Gasteiger partial charge in [0.1, 0.15) is 17.1 Å². The van der Waals surface area contributed by atoms with E-state index in [0.29, 0.717) is 22.7 Å². The van der Waals surface area contributed by atoms with Gasteiger partial charge in [-0.3, -0.25) is 4.98 Å². The van der Waals surface area contributed by atoms with Crippen molar-refractivity contribution in [3.8, 4) is 23.2 Å². The van der Waals surface area contributed by atoms with Gasteiger partial charge in [0.15, 0.2) is 0 Å². The number of pyridine rings is 3. The minimum atomic E-state index is -0.00337. The third-order valence-corrected chi connectivity index (χ3v) is 6.15.